The van der Waals surface area contributed by atoms with Crippen LogP contribution in [0, 0.1) is 11.3 Å². The van der Waals surface area contributed by atoms with Crippen molar-refractivity contribution in [1.82, 2.24) is 15.1 Å². The fourth-order valence-corrected chi connectivity index (χ4v) is 1.95. The van der Waals surface area contributed by atoms with Gasteiger partial charge in [-0.3, -0.25) is 9.59 Å². The maximum absolute atomic E-state index is 11.8. The van der Waals surface area contributed by atoms with E-state index in [2.05, 4.69) is 5.32 Å². The van der Waals surface area contributed by atoms with E-state index in [4.69, 9.17) is 15.1 Å². The van der Waals surface area contributed by atoms with Gasteiger partial charge in [0.2, 0.25) is 0 Å². The summed E-state index contributed by atoms with van der Waals surface area (Å²) in [7, 11) is 0. The second-order valence-corrected chi connectivity index (χ2v) is 4.78. The number of ether oxygens (including phenoxy) is 1. The Balaban J connectivity index is 2.50. The molecule has 1 aliphatic rings. The van der Waals surface area contributed by atoms with Crippen LogP contribution >= 0.6 is 0 Å². The molecule has 0 atom stereocenters. The summed E-state index contributed by atoms with van der Waals surface area (Å²) in [5.74, 6) is -1.63. The summed E-state index contributed by atoms with van der Waals surface area (Å²) in [6, 6.07) is 1.80. The topological polar surface area (TPSA) is 123 Å². The summed E-state index contributed by atoms with van der Waals surface area (Å²) in [4.78, 5) is 37.1. The van der Waals surface area contributed by atoms with E-state index in [1.165, 1.54) is 6.20 Å². The van der Waals surface area contributed by atoms with Gasteiger partial charge in [0.15, 0.2) is 0 Å². The monoisotopic (exact) mass is 324 g/mol. The van der Waals surface area contributed by atoms with E-state index in [9.17, 15) is 14.4 Å². The largest absolute Gasteiger partial charge is 0.481 e. The molecule has 9 heteroatoms. The normalized spacial score (nSPS) is 14.9. The second-order valence-electron chi connectivity index (χ2n) is 4.78. The molecule has 23 heavy (non-hydrogen) atoms. The predicted molar refractivity (Wildman–Crippen MR) is 79.1 cm³/mol. The lowest BCUT2D eigenvalue weighted by Crippen LogP contribution is -2.47. The summed E-state index contributed by atoms with van der Waals surface area (Å²) < 4.78 is 4.91. The molecule has 0 aromatic rings. The Bertz CT molecular complexity index is 518. The molecule has 0 saturated carbocycles. The van der Waals surface area contributed by atoms with Crippen molar-refractivity contribution in [3.05, 3.63) is 11.8 Å². The van der Waals surface area contributed by atoms with E-state index < -0.39 is 11.9 Å². The number of aliphatic carboxylic acids is 1. The number of amides is 2. The molecule has 0 aromatic carbocycles. The summed E-state index contributed by atoms with van der Waals surface area (Å²) in [6.45, 7) is 3.85. The molecule has 9 nitrogen and oxygen atoms in total. The van der Waals surface area contributed by atoms with Gasteiger partial charge in [-0.2, -0.15) is 5.26 Å². The number of nitrogens with zero attached hydrogens (tertiary/aromatic N) is 3. The summed E-state index contributed by atoms with van der Waals surface area (Å²) in [5.41, 5.74) is -0.0972. The molecule has 1 fully saturated rings. The van der Waals surface area contributed by atoms with Crippen molar-refractivity contribution in [2.45, 2.75) is 13.3 Å². The average Bonchev–Trinajstić information content (AvgIpc) is 2.52. The Kier molecular flexibility index (Phi) is 7.39. The molecule has 1 aliphatic heterocycles. The molecule has 0 bridgehead atoms. The van der Waals surface area contributed by atoms with E-state index in [0.717, 1.165) is 0 Å². The summed E-state index contributed by atoms with van der Waals surface area (Å²) in [6.07, 6.45) is 0.851. The van der Waals surface area contributed by atoms with Crippen LogP contribution in [0.2, 0.25) is 0 Å². The highest BCUT2D eigenvalue weighted by molar-refractivity contribution is 5.97. The minimum atomic E-state index is -1.03. The van der Waals surface area contributed by atoms with Gasteiger partial charge in [-0.15, -0.1) is 0 Å². The highest BCUT2D eigenvalue weighted by Crippen LogP contribution is 2.06. The number of hydrogen-bond donors (Lipinski definition) is 2. The van der Waals surface area contributed by atoms with Crippen LogP contribution in [0.15, 0.2) is 11.8 Å². The van der Waals surface area contributed by atoms with Gasteiger partial charge in [0, 0.05) is 38.9 Å². The molecule has 2 amide bonds. The van der Waals surface area contributed by atoms with Crippen molar-refractivity contribution >= 4 is 18.0 Å². The van der Waals surface area contributed by atoms with Crippen LogP contribution in [-0.2, 0) is 14.3 Å². The van der Waals surface area contributed by atoms with Crippen LogP contribution in [0.3, 0.4) is 0 Å². The molecular weight excluding hydrogens is 304 g/mol. The van der Waals surface area contributed by atoms with Crippen molar-refractivity contribution < 1.29 is 24.2 Å². The molecule has 0 spiro atoms. The molecule has 126 valence electrons. The van der Waals surface area contributed by atoms with E-state index in [0.29, 0.717) is 32.8 Å². The van der Waals surface area contributed by atoms with Crippen LogP contribution in [0.1, 0.15) is 13.3 Å². The Morgan fingerprint density at radius 2 is 1.96 bits per heavy atom. The third kappa shape index (κ3) is 6.25. The first-order chi connectivity index (χ1) is 11.0. The Labute approximate surface area is 134 Å². The lowest BCUT2D eigenvalue weighted by atomic mass is 10.2. The highest BCUT2D eigenvalue weighted by atomic mass is 16.6. The van der Waals surface area contributed by atoms with Crippen molar-refractivity contribution in [2.75, 3.05) is 39.3 Å². The van der Waals surface area contributed by atoms with Crippen LogP contribution < -0.4 is 5.32 Å². The zero-order valence-electron chi connectivity index (χ0n) is 12.9. The molecule has 2 N–H and O–H groups in total. The fourth-order valence-electron chi connectivity index (χ4n) is 1.95. The SMILES string of the molecule is CCOC(=O)N1CCN(/C=C(/C#N)C(=O)NCCC(=O)O)CC1. The zero-order chi connectivity index (χ0) is 17.2. The molecule has 1 saturated heterocycles. The molecule has 1 heterocycles. The maximum atomic E-state index is 11.8. The highest BCUT2D eigenvalue weighted by Gasteiger charge is 2.21. The molecule has 0 unspecified atom stereocenters. The van der Waals surface area contributed by atoms with Gasteiger partial charge in [-0.25, -0.2) is 4.79 Å². The standard InChI is InChI=1S/C14H20N4O5/c1-2-23-14(22)18-7-5-17(6-8-18)10-11(9-15)13(21)16-4-3-12(19)20/h10H,2-8H2,1H3,(H,16,21)(H,19,20)/b11-10-. The van der Waals surface area contributed by atoms with Crippen LogP contribution in [-0.4, -0.2) is 72.2 Å². The third-order valence-electron chi connectivity index (χ3n) is 3.14. The van der Waals surface area contributed by atoms with Crippen molar-refractivity contribution in [1.29, 1.82) is 5.26 Å². The van der Waals surface area contributed by atoms with Gasteiger partial charge in [-0.05, 0) is 6.92 Å². The smallest absolute Gasteiger partial charge is 0.409 e. The number of carboxylic acid groups (broad SMARTS) is 1. The quantitative estimate of drug-likeness (QED) is 0.510. The lowest BCUT2D eigenvalue weighted by Gasteiger charge is -2.33. The zero-order valence-corrected chi connectivity index (χ0v) is 12.9. The van der Waals surface area contributed by atoms with Gasteiger partial charge < -0.3 is 25.0 Å². The number of piperazine rings is 1. The van der Waals surface area contributed by atoms with Crippen LogP contribution in [0.4, 0.5) is 4.79 Å². The van der Waals surface area contributed by atoms with Gasteiger partial charge in [0.05, 0.1) is 13.0 Å². The number of carbonyl (C=O) groups excluding carboxylic acids is 2. The van der Waals surface area contributed by atoms with Gasteiger partial charge in [-0.1, -0.05) is 0 Å². The first-order valence-corrected chi connectivity index (χ1v) is 7.25. The maximum Gasteiger partial charge on any atom is 0.409 e. The number of rotatable bonds is 6. The molecule has 0 radical (unpaired) electrons. The van der Waals surface area contributed by atoms with E-state index in [-0.39, 0.29) is 24.6 Å². The molecule has 0 aromatic heterocycles. The van der Waals surface area contributed by atoms with Crippen LogP contribution in [0.5, 0.6) is 0 Å². The average molecular weight is 324 g/mol. The van der Waals surface area contributed by atoms with Gasteiger partial charge in [0.1, 0.15) is 11.6 Å². The Morgan fingerprint density at radius 1 is 1.30 bits per heavy atom. The number of hydrogen-bond acceptors (Lipinski definition) is 6. The van der Waals surface area contributed by atoms with E-state index in [1.54, 1.807) is 22.8 Å². The first kappa shape index (κ1) is 18.3. The first-order valence-electron chi connectivity index (χ1n) is 7.25. The number of carbonyl (C=O) groups is 3. The number of nitriles is 1. The van der Waals surface area contributed by atoms with E-state index >= 15 is 0 Å². The Hall–Kier alpha value is -2.76. The fraction of sp³-hybridized carbons (Fsp3) is 0.571. The number of carboxylic acids is 1. The molecule has 1 rings (SSSR count). The van der Waals surface area contributed by atoms with Gasteiger partial charge in [0.25, 0.3) is 5.91 Å². The summed E-state index contributed by atoms with van der Waals surface area (Å²) >= 11 is 0. The lowest BCUT2D eigenvalue weighted by molar-refractivity contribution is -0.136. The third-order valence-corrected chi connectivity index (χ3v) is 3.14. The molecular formula is C14H20N4O5. The van der Waals surface area contributed by atoms with Gasteiger partial charge >= 0.3 is 12.1 Å². The minimum absolute atomic E-state index is 0.0379. The molecule has 0 aliphatic carbocycles. The van der Waals surface area contributed by atoms with Crippen molar-refractivity contribution in [2.24, 2.45) is 0 Å². The number of nitrogens with one attached hydrogen (secondary N) is 1. The van der Waals surface area contributed by atoms with Crippen molar-refractivity contribution in [3.63, 3.8) is 0 Å². The summed E-state index contributed by atoms with van der Waals surface area (Å²) in [5, 5.41) is 19.9. The van der Waals surface area contributed by atoms with Crippen LogP contribution in [0.25, 0.3) is 0 Å². The van der Waals surface area contributed by atoms with E-state index in [1.807, 2.05) is 0 Å². The van der Waals surface area contributed by atoms with Crippen molar-refractivity contribution in [3.8, 4) is 6.07 Å². The Morgan fingerprint density at radius 3 is 2.48 bits per heavy atom. The predicted octanol–water partition coefficient (Wildman–Crippen LogP) is -0.241. The minimum Gasteiger partial charge on any atom is -0.481 e. The second kappa shape index (κ2) is 9.30.